The molecule has 1 unspecified atom stereocenters. The Bertz CT molecular complexity index is 752. The number of hydrogen-bond acceptors (Lipinski definition) is 4. The average Bonchev–Trinajstić information content (AvgIpc) is 2.83. The van der Waals surface area contributed by atoms with Crippen molar-refractivity contribution in [3.8, 4) is 0 Å². The molecule has 0 aliphatic carbocycles. The molecule has 2 rings (SSSR count). The van der Waals surface area contributed by atoms with E-state index in [1.807, 2.05) is 19.9 Å². The SMILES string of the molecule is CC(C)[C@@H](NC(=O)NC1CCS(=O)(=O)C1)C(=O)Nc1cccc(Br)c1. The molecule has 0 aromatic heterocycles. The third kappa shape index (κ3) is 6.00. The van der Waals surface area contributed by atoms with Gasteiger partial charge in [-0.05, 0) is 30.5 Å². The van der Waals surface area contributed by atoms with Gasteiger partial charge in [0, 0.05) is 16.2 Å². The minimum atomic E-state index is -3.07. The van der Waals surface area contributed by atoms with Gasteiger partial charge in [0.05, 0.1) is 11.5 Å². The van der Waals surface area contributed by atoms with Crippen LogP contribution in [0.3, 0.4) is 0 Å². The Labute approximate surface area is 156 Å². The summed E-state index contributed by atoms with van der Waals surface area (Å²) < 4.78 is 23.7. The Morgan fingerprint density at radius 3 is 2.56 bits per heavy atom. The minimum Gasteiger partial charge on any atom is -0.334 e. The Morgan fingerprint density at radius 1 is 1.28 bits per heavy atom. The van der Waals surface area contributed by atoms with E-state index < -0.39 is 28.0 Å². The van der Waals surface area contributed by atoms with E-state index in [2.05, 4.69) is 31.9 Å². The summed E-state index contributed by atoms with van der Waals surface area (Å²) in [5, 5.41) is 8.04. The zero-order valence-electron chi connectivity index (χ0n) is 14.1. The second-order valence-electron chi connectivity index (χ2n) is 6.44. The first-order valence-electron chi connectivity index (χ1n) is 8.00. The molecule has 3 amide bonds. The number of urea groups is 1. The minimum absolute atomic E-state index is 0.0585. The van der Waals surface area contributed by atoms with Gasteiger partial charge in [0.25, 0.3) is 0 Å². The van der Waals surface area contributed by atoms with Gasteiger partial charge < -0.3 is 16.0 Å². The fourth-order valence-corrected chi connectivity index (χ4v) is 4.67. The fourth-order valence-electron chi connectivity index (χ4n) is 2.60. The normalized spacial score (nSPS) is 20.1. The van der Waals surface area contributed by atoms with Crippen LogP contribution in [0.1, 0.15) is 20.3 Å². The summed E-state index contributed by atoms with van der Waals surface area (Å²) in [6, 6.07) is 5.47. The van der Waals surface area contributed by atoms with Crippen LogP contribution in [-0.4, -0.2) is 43.9 Å². The van der Waals surface area contributed by atoms with Gasteiger partial charge in [0.1, 0.15) is 6.04 Å². The highest BCUT2D eigenvalue weighted by Gasteiger charge is 2.30. The Morgan fingerprint density at radius 2 is 2.00 bits per heavy atom. The molecule has 0 bridgehead atoms. The molecule has 1 aliphatic heterocycles. The molecule has 7 nitrogen and oxygen atoms in total. The van der Waals surface area contributed by atoms with Crippen LogP contribution in [0.5, 0.6) is 0 Å². The summed E-state index contributed by atoms with van der Waals surface area (Å²) in [7, 11) is -3.07. The van der Waals surface area contributed by atoms with E-state index in [4.69, 9.17) is 0 Å². The highest BCUT2D eigenvalue weighted by atomic mass is 79.9. The van der Waals surface area contributed by atoms with E-state index in [1.165, 1.54) is 0 Å². The number of nitrogens with one attached hydrogen (secondary N) is 3. The van der Waals surface area contributed by atoms with Gasteiger partial charge >= 0.3 is 6.03 Å². The van der Waals surface area contributed by atoms with Crippen molar-refractivity contribution in [1.29, 1.82) is 0 Å². The number of hydrogen-bond donors (Lipinski definition) is 3. The summed E-state index contributed by atoms with van der Waals surface area (Å²) in [4.78, 5) is 24.6. The molecule has 0 saturated carbocycles. The lowest BCUT2D eigenvalue weighted by atomic mass is 10.0. The lowest BCUT2D eigenvalue weighted by Gasteiger charge is -2.23. The van der Waals surface area contributed by atoms with Gasteiger partial charge in [-0.15, -0.1) is 0 Å². The van der Waals surface area contributed by atoms with E-state index in [9.17, 15) is 18.0 Å². The molecule has 1 aromatic rings. The van der Waals surface area contributed by atoms with Gasteiger partial charge in [-0.1, -0.05) is 35.8 Å². The van der Waals surface area contributed by atoms with E-state index in [0.29, 0.717) is 12.1 Å². The molecule has 138 valence electrons. The number of carbonyl (C=O) groups is 2. The van der Waals surface area contributed by atoms with Crippen molar-refractivity contribution in [2.24, 2.45) is 5.92 Å². The second-order valence-corrected chi connectivity index (χ2v) is 9.58. The molecule has 2 atom stereocenters. The number of sulfone groups is 1. The number of rotatable bonds is 5. The van der Waals surface area contributed by atoms with Crippen LogP contribution in [0.25, 0.3) is 0 Å². The van der Waals surface area contributed by atoms with Gasteiger partial charge in [-0.25, -0.2) is 13.2 Å². The molecular weight excluding hydrogens is 410 g/mol. The molecule has 1 fully saturated rings. The van der Waals surface area contributed by atoms with Crippen molar-refractivity contribution in [2.75, 3.05) is 16.8 Å². The molecule has 1 heterocycles. The fraction of sp³-hybridized carbons (Fsp3) is 0.500. The van der Waals surface area contributed by atoms with Gasteiger partial charge in [0.2, 0.25) is 5.91 Å². The maximum Gasteiger partial charge on any atom is 0.315 e. The number of amides is 3. The van der Waals surface area contributed by atoms with Gasteiger partial charge in [-0.3, -0.25) is 4.79 Å². The molecule has 3 N–H and O–H groups in total. The van der Waals surface area contributed by atoms with E-state index >= 15 is 0 Å². The third-order valence-electron chi connectivity index (χ3n) is 3.90. The molecule has 1 aliphatic rings. The van der Waals surface area contributed by atoms with Crippen LogP contribution in [-0.2, 0) is 14.6 Å². The quantitative estimate of drug-likeness (QED) is 0.661. The monoisotopic (exact) mass is 431 g/mol. The van der Waals surface area contributed by atoms with Crippen molar-refractivity contribution < 1.29 is 18.0 Å². The van der Waals surface area contributed by atoms with E-state index in [-0.39, 0.29) is 23.3 Å². The number of anilines is 1. The summed E-state index contributed by atoms with van der Waals surface area (Å²) in [6.45, 7) is 3.65. The van der Waals surface area contributed by atoms with Gasteiger partial charge in [-0.2, -0.15) is 0 Å². The topological polar surface area (TPSA) is 104 Å². The van der Waals surface area contributed by atoms with Crippen LogP contribution in [0.4, 0.5) is 10.5 Å². The summed E-state index contributed by atoms with van der Waals surface area (Å²) in [6.07, 6.45) is 0.395. The van der Waals surface area contributed by atoms with Crippen LogP contribution in [0, 0.1) is 5.92 Å². The molecular formula is C16H22BrN3O4S. The zero-order chi connectivity index (χ0) is 18.6. The molecule has 9 heteroatoms. The van der Waals surface area contributed by atoms with Gasteiger partial charge in [0.15, 0.2) is 9.84 Å². The first-order valence-corrected chi connectivity index (χ1v) is 10.6. The summed E-state index contributed by atoms with van der Waals surface area (Å²) in [5.41, 5.74) is 0.620. The molecule has 1 aromatic carbocycles. The highest BCUT2D eigenvalue weighted by molar-refractivity contribution is 9.10. The third-order valence-corrected chi connectivity index (χ3v) is 6.16. The highest BCUT2D eigenvalue weighted by Crippen LogP contribution is 2.17. The molecule has 25 heavy (non-hydrogen) atoms. The van der Waals surface area contributed by atoms with Crippen LogP contribution < -0.4 is 16.0 Å². The Hall–Kier alpha value is -1.61. The Kier molecular flexibility index (Phi) is 6.45. The standard InChI is InChI=1S/C16H22BrN3O4S/c1-10(2)14(15(21)18-12-5-3-4-11(17)8-12)20-16(22)19-13-6-7-25(23,24)9-13/h3-5,8,10,13-14H,6-7,9H2,1-2H3,(H,18,21)(H2,19,20,22)/t13?,14-/m1/s1. The number of benzene rings is 1. The van der Waals surface area contributed by atoms with Crippen LogP contribution >= 0.6 is 15.9 Å². The summed E-state index contributed by atoms with van der Waals surface area (Å²) >= 11 is 3.34. The second kappa shape index (κ2) is 8.18. The smallest absolute Gasteiger partial charge is 0.315 e. The van der Waals surface area contributed by atoms with Crippen molar-refractivity contribution in [1.82, 2.24) is 10.6 Å². The largest absolute Gasteiger partial charge is 0.334 e. The predicted molar refractivity (Wildman–Crippen MR) is 100 cm³/mol. The lowest BCUT2D eigenvalue weighted by molar-refractivity contribution is -0.118. The predicted octanol–water partition coefficient (Wildman–Crippen LogP) is 1.90. The first kappa shape index (κ1) is 19.7. The Balaban J connectivity index is 1.95. The lowest BCUT2D eigenvalue weighted by Crippen LogP contribution is -2.52. The van der Waals surface area contributed by atoms with E-state index in [0.717, 1.165) is 4.47 Å². The molecule has 0 spiro atoms. The van der Waals surface area contributed by atoms with Crippen LogP contribution in [0.2, 0.25) is 0 Å². The van der Waals surface area contributed by atoms with Crippen molar-refractivity contribution in [3.63, 3.8) is 0 Å². The maximum atomic E-state index is 12.5. The number of carbonyl (C=O) groups excluding carboxylic acids is 2. The van der Waals surface area contributed by atoms with Crippen molar-refractivity contribution in [3.05, 3.63) is 28.7 Å². The molecule has 1 saturated heterocycles. The number of halogens is 1. The first-order chi connectivity index (χ1) is 11.7. The van der Waals surface area contributed by atoms with Crippen molar-refractivity contribution in [2.45, 2.75) is 32.4 Å². The summed E-state index contributed by atoms with van der Waals surface area (Å²) in [5.74, 6) is -0.445. The molecule has 0 radical (unpaired) electrons. The zero-order valence-corrected chi connectivity index (χ0v) is 16.5. The van der Waals surface area contributed by atoms with Crippen LogP contribution in [0.15, 0.2) is 28.7 Å². The maximum absolute atomic E-state index is 12.5. The van der Waals surface area contributed by atoms with Crippen molar-refractivity contribution >= 4 is 43.4 Å². The average molecular weight is 432 g/mol. The van der Waals surface area contributed by atoms with E-state index in [1.54, 1.807) is 18.2 Å².